The maximum absolute atomic E-state index is 7.70. The Hall–Kier alpha value is -2.43. The maximum Gasteiger partial charge on any atom is 0.230 e. The van der Waals surface area contributed by atoms with E-state index in [1.807, 2.05) is 49.2 Å². The van der Waals surface area contributed by atoms with Crippen LogP contribution in [0.5, 0.6) is 0 Å². The Bertz CT molecular complexity index is 663. The summed E-state index contributed by atoms with van der Waals surface area (Å²) in [5, 5.41) is 7.70. The fourth-order valence-corrected chi connectivity index (χ4v) is 2.12. The van der Waals surface area contributed by atoms with Crippen LogP contribution in [0.4, 0.5) is 11.6 Å². The van der Waals surface area contributed by atoms with E-state index in [-0.39, 0.29) is 5.84 Å². The third-order valence-corrected chi connectivity index (χ3v) is 3.31. The molecule has 5 heteroatoms. The minimum Gasteiger partial charge on any atom is -0.384 e. The number of amidine groups is 1. The molecular formula is C16H21N5. The van der Waals surface area contributed by atoms with Gasteiger partial charge in [0.2, 0.25) is 5.95 Å². The lowest BCUT2D eigenvalue weighted by molar-refractivity contribution is 0.804. The van der Waals surface area contributed by atoms with E-state index in [0.29, 0.717) is 17.4 Å². The molecule has 3 N–H and O–H groups in total. The normalized spacial score (nSPS) is 10.7. The molecule has 5 nitrogen and oxygen atoms in total. The number of nitrogens with zero attached hydrogens (tertiary/aromatic N) is 3. The highest BCUT2D eigenvalue weighted by atomic mass is 15.2. The smallest absolute Gasteiger partial charge is 0.230 e. The van der Waals surface area contributed by atoms with Crippen LogP contribution >= 0.6 is 0 Å². The van der Waals surface area contributed by atoms with Gasteiger partial charge in [-0.2, -0.15) is 0 Å². The molecule has 0 saturated heterocycles. The second-order valence-electron chi connectivity index (χ2n) is 5.38. The van der Waals surface area contributed by atoms with E-state index in [1.165, 1.54) is 0 Å². The molecule has 2 rings (SSSR count). The summed E-state index contributed by atoms with van der Waals surface area (Å²) >= 11 is 0. The zero-order valence-electron chi connectivity index (χ0n) is 12.9. The van der Waals surface area contributed by atoms with Gasteiger partial charge < -0.3 is 10.6 Å². The predicted molar refractivity (Wildman–Crippen MR) is 86.4 cm³/mol. The van der Waals surface area contributed by atoms with E-state index < -0.39 is 0 Å². The standard InChI is InChI=1S/C16H21N5/c1-10(2)13-9-11(3)19-16(20-13)21(4)14-8-6-5-7-12(14)15(17)18/h5-10H,1-4H3,(H3,17,18). The van der Waals surface area contributed by atoms with E-state index in [0.717, 1.165) is 17.1 Å². The molecular weight excluding hydrogens is 262 g/mol. The molecule has 0 spiro atoms. The highest BCUT2D eigenvalue weighted by Crippen LogP contribution is 2.25. The lowest BCUT2D eigenvalue weighted by Gasteiger charge is -2.21. The molecule has 0 bridgehead atoms. The molecule has 2 aromatic rings. The number of anilines is 2. The lowest BCUT2D eigenvalue weighted by Crippen LogP contribution is -2.20. The van der Waals surface area contributed by atoms with Crippen LogP contribution in [-0.4, -0.2) is 22.9 Å². The largest absolute Gasteiger partial charge is 0.384 e. The van der Waals surface area contributed by atoms with Crippen LogP contribution in [0.15, 0.2) is 30.3 Å². The van der Waals surface area contributed by atoms with Crippen molar-refractivity contribution in [2.45, 2.75) is 26.7 Å². The van der Waals surface area contributed by atoms with Gasteiger partial charge in [0, 0.05) is 24.0 Å². The number of nitrogens with two attached hydrogens (primary N) is 1. The zero-order chi connectivity index (χ0) is 15.6. The minimum atomic E-state index is 0.0363. The van der Waals surface area contributed by atoms with Crippen molar-refractivity contribution in [3.8, 4) is 0 Å². The van der Waals surface area contributed by atoms with Crippen LogP contribution < -0.4 is 10.6 Å². The van der Waals surface area contributed by atoms with Crippen molar-refractivity contribution in [1.82, 2.24) is 9.97 Å². The number of nitrogen functional groups attached to an aromatic ring is 1. The fourth-order valence-electron chi connectivity index (χ4n) is 2.12. The van der Waals surface area contributed by atoms with Crippen molar-refractivity contribution >= 4 is 17.5 Å². The van der Waals surface area contributed by atoms with Crippen LogP contribution in [0.3, 0.4) is 0 Å². The molecule has 110 valence electrons. The minimum absolute atomic E-state index is 0.0363. The molecule has 0 aliphatic carbocycles. The molecule has 21 heavy (non-hydrogen) atoms. The Labute approximate surface area is 125 Å². The summed E-state index contributed by atoms with van der Waals surface area (Å²) in [6, 6.07) is 9.52. The third kappa shape index (κ3) is 3.18. The first-order valence-electron chi connectivity index (χ1n) is 6.93. The van der Waals surface area contributed by atoms with Gasteiger partial charge in [0.1, 0.15) is 5.84 Å². The first kappa shape index (κ1) is 15.0. The molecule has 0 fully saturated rings. The number of nitrogens with one attached hydrogen (secondary N) is 1. The SMILES string of the molecule is Cc1cc(C(C)C)nc(N(C)c2ccccc2C(=N)N)n1. The summed E-state index contributed by atoms with van der Waals surface area (Å²) < 4.78 is 0. The molecule has 0 aliphatic rings. The van der Waals surface area contributed by atoms with Crippen molar-refractivity contribution in [1.29, 1.82) is 5.41 Å². The van der Waals surface area contributed by atoms with Gasteiger partial charge >= 0.3 is 0 Å². The maximum atomic E-state index is 7.70. The summed E-state index contributed by atoms with van der Waals surface area (Å²) in [6.07, 6.45) is 0. The van der Waals surface area contributed by atoms with Gasteiger partial charge in [0.15, 0.2) is 0 Å². The number of hydrogen-bond donors (Lipinski definition) is 2. The van der Waals surface area contributed by atoms with Gasteiger partial charge in [0.25, 0.3) is 0 Å². The van der Waals surface area contributed by atoms with Gasteiger partial charge in [-0.1, -0.05) is 26.0 Å². The second kappa shape index (κ2) is 5.91. The number of hydrogen-bond acceptors (Lipinski definition) is 4. The summed E-state index contributed by atoms with van der Waals surface area (Å²) in [5.41, 5.74) is 9.09. The Balaban J connectivity index is 2.50. The van der Waals surface area contributed by atoms with Crippen LogP contribution in [0.1, 0.15) is 36.7 Å². The third-order valence-electron chi connectivity index (χ3n) is 3.31. The van der Waals surface area contributed by atoms with E-state index in [4.69, 9.17) is 11.1 Å². The van der Waals surface area contributed by atoms with Gasteiger partial charge in [-0.25, -0.2) is 9.97 Å². The van der Waals surface area contributed by atoms with Crippen LogP contribution in [0, 0.1) is 12.3 Å². The number of para-hydroxylation sites is 1. The number of aryl methyl sites for hydroxylation is 1. The van der Waals surface area contributed by atoms with Crippen LogP contribution in [-0.2, 0) is 0 Å². The van der Waals surface area contributed by atoms with E-state index in [9.17, 15) is 0 Å². The van der Waals surface area contributed by atoms with Crippen molar-refractivity contribution in [2.75, 3.05) is 11.9 Å². The van der Waals surface area contributed by atoms with Crippen molar-refractivity contribution in [3.05, 3.63) is 47.3 Å². The number of rotatable bonds is 4. The Morgan fingerprint density at radius 2 is 1.90 bits per heavy atom. The fraction of sp³-hybridized carbons (Fsp3) is 0.312. The molecule has 0 saturated carbocycles. The molecule has 0 radical (unpaired) electrons. The summed E-state index contributed by atoms with van der Waals surface area (Å²) in [7, 11) is 1.89. The van der Waals surface area contributed by atoms with E-state index in [2.05, 4.69) is 23.8 Å². The zero-order valence-corrected chi connectivity index (χ0v) is 12.9. The van der Waals surface area contributed by atoms with Gasteiger partial charge in [-0.3, -0.25) is 5.41 Å². The molecule has 1 aromatic heterocycles. The molecule has 0 aliphatic heterocycles. The molecule has 1 aromatic carbocycles. The van der Waals surface area contributed by atoms with Gasteiger partial charge in [-0.05, 0) is 31.0 Å². The van der Waals surface area contributed by atoms with Crippen molar-refractivity contribution < 1.29 is 0 Å². The van der Waals surface area contributed by atoms with Crippen LogP contribution in [0.2, 0.25) is 0 Å². The summed E-state index contributed by atoms with van der Waals surface area (Å²) in [5.74, 6) is 0.989. The first-order chi connectivity index (χ1) is 9.90. The monoisotopic (exact) mass is 283 g/mol. The lowest BCUT2D eigenvalue weighted by atomic mass is 10.1. The Morgan fingerprint density at radius 3 is 2.52 bits per heavy atom. The molecule has 0 amide bonds. The summed E-state index contributed by atoms with van der Waals surface area (Å²) in [6.45, 7) is 6.17. The highest BCUT2D eigenvalue weighted by Gasteiger charge is 2.15. The van der Waals surface area contributed by atoms with Gasteiger partial charge in [-0.15, -0.1) is 0 Å². The van der Waals surface area contributed by atoms with Gasteiger partial charge in [0.05, 0.1) is 5.69 Å². The van der Waals surface area contributed by atoms with Crippen molar-refractivity contribution in [3.63, 3.8) is 0 Å². The topological polar surface area (TPSA) is 78.9 Å². The molecule has 0 unspecified atom stereocenters. The molecule has 1 heterocycles. The number of aromatic nitrogens is 2. The summed E-state index contributed by atoms with van der Waals surface area (Å²) in [4.78, 5) is 11.0. The quantitative estimate of drug-likeness (QED) is 0.668. The first-order valence-corrected chi connectivity index (χ1v) is 6.93. The highest BCUT2D eigenvalue weighted by molar-refractivity contribution is 6.00. The average Bonchev–Trinajstić information content (AvgIpc) is 2.45. The average molecular weight is 283 g/mol. The molecule has 0 atom stereocenters. The Kier molecular flexibility index (Phi) is 4.21. The van der Waals surface area contributed by atoms with Crippen LogP contribution in [0.25, 0.3) is 0 Å². The Morgan fingerprint density at radius 1 is 1.24 bits per heavy atom. The second-order valence-corrected chi connectivity index (χ2v) is 5.38. The van der Waals surface area contributed by atoms with Crippen molar-refractivity contribution in [2.24, 2.45) is 5.73 Å². The van der Waals surface area contributed by atoms with E-state index >= 15 is 0 Å². The predicted octanol–water partition coefficient (Wildman–Crippen LogP) is 2.96. The van der Waals surface area contributed by atoms with E-state index in [1.54, 1.807) is 0 Å². The number of benzene rings is 1.